The van der Waals surface area contributed by atoms with Gasteiger partial charge in [0.2, 0.25) is 0 Å². The van der Waals surface area contributed by atoms with Crippen LogP contribution in [-0.2, 0) is 11.2 Å². The first-order valence-corrected chi connectivity index (χ1v) is 6.79. The number of rotatable bonds is 3. The Labute approximate surface area is 104 Å². The van der Waals surface area contributed by atoms with Crippen LogP contribution in [0.5, 0.6) is 0 Å². The van der Waals surface area contributed by atoms with E-state index in [1.807, 2.05) is 12.1 Å². The van der Waals surface area contributed by atoms with E-state index in [9.17, 15) is 9.90 Å². The largest absolute Gasteiger partial charge is 0.481 e. The van der Waals surface area contributed by atoms with Gasteiger partial charge in [-0.25, -0.2) is 0 Å². The predicted octanol–water partition coefficient (Wildman–Crippen LogP) is 3.98. The van der Waals surface area contributed by atoms with Crippen molar-refractivity contribution in [1.82, 2.24) is 0 Å². The lowest BCUT2D eigenvalue weighted by molar-refractivity contribution is -0.151. The van der Waals surface area contributed by atoms with Gasteiger partial charge in [0.05, 0.1) is 9.75 Å². The normalized spacial score (nSPS) is 19.6. The van der Waals surface area contributed by atoms with Crippen LogP contribution in [0.3, 0.4) is 0 Å². The maximum Gasteiger partial charge on any atom is 0.309 e. The molecule has 1 fully saturated rings. The summed E-state index contributed by atoms with van der Waals surface area (Å²) in [6.07, 6.45) is 5.48. The molecular formula is C12H15ClO2S. The topological polar surface area (TPSA) is 37.3 Å². The average Bonchev–Trinajstić information content (AvgIpc) is 2.65. The number of hydrogen-bond donors (Lipinski definition) is 1. The lowest BCUT2D eigenvalue weighted by atomic mass is 9.71. The maximum absolute atomic E-state index is 11.5. The molecule has 0 radical (unpaired) electrons. The molecule has 1 N–H and O–H groups in total. The first-order chi connectivity index (χ1) is 7.62. The van der Waals surface area contributed by atoms with E-state index in [2.05, 4.69) is 0 Å². The fraction of sp³-hybridized carbons (Fsp3) is 0.583. The van der Waals surface area contributed by atoms with Gasteiger partial charge in [-0.05, 0) is 31.4 Å². The van der Waals surface area contributed by atoms with Crippen molar-refractivity contribution < 1.29 is 9.90 Å². The van der Waals surface area contributed by atoms with Crippen molar-refractivity contribution in [3.05, 3.63) is 21.3 Å². The molecule has 2 nitrogen and oxygen atoms in total. The second-order valence-corrected chi connectivity index (χ2v) is 6.33. The first-order valence-electron chi connectivity index (χ1n) is 5.60. The van der Waals surface area contributed by atoms with Gasteiger partial charge in [0.25, 0.3) is 0 Å². The van der Waals surface area contributed by atoms with Crippen LogP contribution in [0, 0.1) is 5.41 Å². The summed E-state index contributed by atoms with van der Waals surface area (Å²) in [5.74, 6) is -0.642. The predicted molar refractivity (Wildman–Crippen MR) is 66.2 cm³/mol. The van der Waals surface area contributed by atoms with Crippen LogP contribution >= 0.6 is 22.9 Å². The van der Waals surface area contributed by atoms with E-state index in [-0.39, 0.29) is 0 Å². The minimum Gasteiger partial charge on any atom is -0.481 e. The zero-order valence-corrected chi connectivity index (χ0v) is 10.6. The summed E-state index contributed by atoms with van der Waals surface area (Å²) < 4.78 is 0.742. The minimum atomic E-state index is -0.642. The molecule has 0 spiro atoms. The molecule has 1 aliphatic carbocycles. The molecule has 1 heterocycles. The summed E-state index contributed by atoms with van der Waals surface area (Å²) >= 11 is 7.37. The van der Waals surface area contributed by atoms with Crippen LogP contribution in [0.1, 0.15) is 37.0 Å². The van der Waals surface area contributed by atoms with E-state index < -0.39 is 11.4 Å². The van der Waals surface area contributed by atoms with Gasteiger partial charge >= 0.3 is 5.97 Å². The van der Waals surface area contributed by atoms with Crippen molar-refractivity contribution in [1.29, 1.82) is 0 Å². The summed E-state index contributed by atoms with van der Waals surface area (Å²) in [5.41, 5.74) is -0.535. The van der Waals surface area contributed by atoms with Crippen LogP contribution in [0.25, 0.3) is 0 Å². The van der Waals surface area contributed by atoms with E-state index in [1.165, 1.54) is 17.8 Å². The lowest BCUT2D eigenvalue weighted by Gasteiger charge is -2.32. The number of hydrogen-bond acceptors (Lipinski definition) is 2. The van der Waals surface area contributed by atoms with Gasteiger partial charge in [0, 0.05) is 4.88 Å². The molecule has 0 aliphatic heterocycles. The molecule has 88 valence electrons. The fourth-order valence-corrected chi connectivity index (χ4v) is 3.71. The van der Waals surface area contributed by atoms with Crippen LogP contribution in [0.4, 0.5) is 0 Å². The molecule has 0 atom stereocenters. The number of carboxylic acids is 1. The fourth-order valence-electron chi connectivity index (χ4n) is 2.48. The molecule has 1 aromatic rings. The number of carbonyl (C=O) groups is 1. The van der Waals surface area contributed by atoms with E-state index >= 15 is 0 Å². The molecule has 16 heavy (non-hydrogen) atoms. The second kappa shape index (κ2) is 4.76. The Hall–Kier alpha value is -0.540. The molecule has 1 saturated carbocycles. The number of aliphatic carboxylic acids is 1. The van der Waals surface area contributed by atoms with E-state index in [0.29, 0.717) is 6.42 Å². The molecule has 0 amide bonds. The first kappa shape index (κ1) is 11.9. The van der Waals surface area contributed by atoms with Crippen LogP contribution < -0.4 is 0 Å². The van der Waals surface area contributed by atoms with Gasteiger partial charge < -0.3 is 5.11 Å². The Balaban J connectivity index is 2.16. The van der Waals surface area contributed by atoms with Crippen molar-refractivity contribution in [3.8, 4) is 0 Å². The quantitative estimate of drug-likeness (QED) is 0.890. The van der Waals surface area contributed by atoms with Crippen LogP contribution in [0.15, 0.2) is 12.1 Å². The zero-order valence-electron chi connectivity index (χ0n) is 9.04. The van der Waals surface area contributed by atoms with Gasteiger partial charge in [-0.2, -0.15) is 0 Å². The van der Waals surface area contributed by atoms with Crippen LogP contribution in [-0.4, -0.2) is 11.1 Å². The van der Waals surface area contributed by atoms with Crippen LogP contribution in [0.2, 0.25) is 4.34 Å². The van der Waals surface area contributed by atoms with Gasteiger partial charge in [0.15, 0.2) is 0 Å². The minimum absolute atomic E-state index is 0.535. The Morgan fingerprint density at radius 2 is 2.06 bits per heavy atom. The Kier molecular flexibility index (Phi) is 3.55. The summed E-state index contributed by atoms with van der Waals surface area (Å²) in [4.78, 5) is 12.6. The van der Waals surface area contributed by atoms with Gasteiger partial charge in [-0.3, -0.25) is 4.79 Å². The van der Waals surface area contributed by atoms with E-state index in [1.54, 1.807) is 0 Å². The van der Waals surface area contributed by atoms with Crippen molar-refractivity contribution >= 4 is 28.9 Å². The lowest BCUT2D eigenvalue weighted by Crippen LogP contribution is -2.35. The van der Waals surface area contributed by atoms with E-state index in [0.717, 1.165) is 34.9 Å². The second-order valence-electron chi connectivity index (χ2n) is 4.53. The molecule has 4 heteroatoms. The highest BCUT2D eigenvalue weighted by molar-refractivity contribution is 7.16. The monoisotopic (exact) mass is 258 g/mol. The smallest absolute Gasteiger partial charge is 0.309 e. The molecular weight excluding hydrogens is 244 g/mol. The summed E-state index contributed by atoms with van der Waals surface area (Å²) in [6.45, 7) is 0. The molecule has 1 aliphatic rings. The molecule has 2 rings (SSSR count). The third-order valence-corrected chi connectivity index (χ3v) is 4.64. The Morgan fingerprint density at radius 3 is 2.56 bits per heavy atom. The average molecular weight is 259 g/mol. The summed E-state index contributed by atoms with van der Waals surface area (Å²) in [6, 6.07) is 3.80. The standard InChI is InChI=1S/C12H15ClO2S/c13-10-5-4-9(16-10)8-12(11(14)15)6-2-1-3-7-12/h4-5H,1-3,6-8H2,(H,14,15). The van der Waals surface area contributed by atoms with Crippen molar-refractivity contribution in [2.75, 3.05) is 0 Å². The Bertz CT molecular complexity index is 380. The highest BCUT2D eigenvalue weighted by Crippen LogP contribution is 2.41. The Morgan fingerprint density at radius 1 is 1.38 bits per heavy atom. The molecule has 0 unspecified atom stereocenters. The third-order valence-electron chi connectivity index (χ3n) is 3.41. The van der Waals surface area contributed by atoms with Gasteiger partial charge in [-0.1, -0.05) is 30.9 Å². The SMILES string of the molecule is O=C(O)C1(Cc2ccc(Cl)s2)CCCCC1. The highest BCUT2D eigenvalue weighted by Gasteiger charge is 2.39. The maximum atomic E-state index is 11.5. The van der Waals surface area contributed by atoms with Crippen molar-refractivity contribution in [3.63, 3.8) is 0 Å². The zero-order chi connectivity index (χ0) is 11.6. The van der Waals surface area contributed by atoms with Gasteiger partial charge in [-0.15, -0.1) is 11.3 Å². The summed E-state index contributed by atoms with van der Waals surface area (Å²) in [5, 5.41) is 9.43. The molecule has 0 aromatic carbocycles. The number of carboxylic acid groups (broad SMARTS) is 1. The van der Waals surface area contributed by atoms with Crippen molar-refractivity contribution in [2.24, 2.45) is 5.41 Å². The number of halogens is 1. The number of thiophene rings is 1. The molecule has 1 aromatic heterocycles. The van der Waals surface area contributed by atoms with Gasteiger partial charge in [0.1, 0.15) is 0 Å². The third kappa shape index (κ3) is 2.41. The van der Waals surface area contributed by atoms with E-state index in [4.69, 9.17) is 11.6 Å². The van der Waals surface area contributed by atoms with Crippen molar-refractivity contribution in [2.45, 2.75) is 38.5 Å². The highest BCUT2D eigenvalue weighted by atomic mass is 35.5. The summed E-state index contributed by atoms with van der Waals surface area (Å²) in [7, 11) is 0. The molecule has 0 bridgehead atoms. The molecule has 0 saturated heterocycles.